The van der Waals surface area contributed by atoms with E-state index in [1.54, 1.807) is 0 Å². The van der Waals surface area contributed by atoms with Crippen LogP contribution in [0.5, 0.6) is 5.75 Å². The minimum atomic E-state index is -0.577. The van der Waals surface area contributed by atoms with Gasteiger partial charge in [-0.1, -0.05) is 45.4 Å². The van der Waals surface area contributed by atoms with Crippen molar-refractivity contribution in [3.05, 3.63) is 29.8 Å². The molecule has 0 bridgehead atoms. The molecule has 2 fully saturated rings. The Kier molecular flexibility index (Phi) is 7.96. The standard InChI is InChI=1S/C24H36F2O/c1-2-4-18-6-10-20(11-7-18)21-12-8-19(9-13-21)5-3-14-27-24-16-22(25)15-23(26)17-24/h15-21H,2-14H2,1H3. The van der Waals surface area contributed by atoms with Crippen LogP contribution in [0, 0.1) is 35.3 Å². The fourth-order valence-corrected chi connectivity index (χ4v) is 5.48. The highest BCUT2D eigenvalue weighted by atomic mass is 19.1. The molecule has 0 amide bonds. The second-order valence-corrected chi connectivity index (χ2v) is 8.95. The quantitative estimate of drug-likeness (QED) is 0.425. The first-order valence-corrected chi connectivity index (χ1v) is 11.2. The third-order valence-electron chi connectivity index (χ3n) is 7.01. The summed E-state index contributed by atoms with van der Waals surface area (Å²) in [6, 6.07) is 3.38. The molecule has 3 heteroatoms. The summed E-state index contributed by atoms with van der Waals surface area (Å²) >= 11 is 0. The van der Waals surface area contributed by atoms with Crippen LogP contribution >= 0.6 is 0 Å². The topological polar surface area (TPSA) is 9.23 Å². The first kappa shape index (κ1) is 20.6. The molecule has 0 aliphatic heterocycles. The third kappa shape index (κ3) is 6.47. The average Bonchev–Trinajstić information content (AvgIpc) is 2.66. The molecule has 152 valence electrons. The molecule has 0 saturated heterocycles. The van der Waals surface area contributed by atoms with Gasteiger partial charge in [-0.25, -0.2) is 8.78 Å². The van der Waals surface area contributed by atoms with E-state index < -0.39 is 11.6 Å². The van der Waals surface area contributed by atoms with E-state index in [-0.39, 0.29) is 0 Å². The number of ether oxygens (including phenoxy) is 1. The zero-order valence-corrected chi connectivity index (χ0v) is 16.9. The van der Waals surface area contributed by atoms with Crippen molar-refractivity contribution >= 4 is 0 Å². The molecular weight excluding hydrogens is 342 g/mol. The van der Waals surface area contributed by atoms with Crippen LogP contribution in [0.15, 0.2) is 18.2 Å². The van der Waals surface area contributed by atoms with E-state index in [0.29, 0.717) is 12.4 Å². The van der Waals surface area contributed by atoms with E-state index in [1.165, 1.54) is 82.8 Å². The van der Waals surface area contributed by atoms with Crippen LogP contribution in [0.4, 0.5) is 8.78 Å². The van der Waals surface area contributed by atoms with E-state index in [2.05, 4.69) is 6.92 Å². The highest BCUT2D eigenvalue weighted by Gasteiger charge is 2.30. The van der Waals surface area contributed by atoms with Gasteiger partial charge >= 0.3 is 0 Å². The Balaban J connectivity index is 1.29. The van der Waals surface area contributed by atoms with Crippen LogP contribution in [0.1, 0.15) is 84.0 Å². The Labute approximate surface area is 163 Å². The first-order chi connectivity index (χ1) is 13.1. The van der Waals surface area contributed by atoms with Crippen LogP contribution in [-0.4, -0.2) is 6.61 Å². The van der Waals surface area contributed by atoms with E-state index in [9.17, 15) is 8.78 Å². The van der Waals surface area contributed by atoms with Crippen molar-refractivity contribution in [3.8, 4) is 5.75 Å². The fourth-order valence-electron chi connectivity index (χ4n) is 5.48. The second kappa shape index (κ2) is 10.4. The minimum absolute atomic E-state index is 0.301. The maximum atomic E-state index is 13.2. The molecule has 0 unspecified atom stereocenters. The van der Waals surface area contributed by atoms with Crippen molar-refractivity contribution in [2.75, 3.05) is 6.61 Å². The van der Waals surface area contributed by atoms with Crippen molar-refractivity contribution in [3.63, 3.8) is 0 Å². The van der Waals surface area contributed by atoms with E-state index in [4.69, 9.17) is 4.74 Å². The molecular formula is C24H36F2O. The van der Waals surface area contributed by atoms with Gasteiger partial charge in [-0.15, -0.1) is 0 Å². The van der Waals surface area contributed by atoms with Crippen LogP contribution in [-0.2, 0) is 0 Å². The summed E-state index contributed by atoms with van der Waals surface area (Å²) < 4.78 is 31.8. The third-order valence-corrected chi connectivity index (χ3v) is 7.01. The van der Waals surface area contributed by atoms with Crippen molar-refractivity contribution in [1.29, 1.82) is 0 Å². The highest BCUT2D eigenvalue weighted by Crippen LogP contribution is 2.42. The number of rotatable bonds is 8. The van der Waals surface area contributed by atoms with Gasteiger partial charge in [0.1, 0.15) is 17.4 Å². The first-order valence-electron chi connectivity index (χ1n) is 11.2. The van der Waals surface area contributed by atoms with E-state index >= 15 is 0 Å². The average molecular weight is 379 g/mol. The van der Waals surface area contributed by atoms with Gasteiger partial charge in [-0.2, -0.15) is 0 Å². The largest absolute Gasteiger partial charge is 0.493 e. The van der Waals surface area contributed by atoms with Gasteiger partial charge in [0.15, 0.2) is 0 Å². The summed E-state index contributed by atoms with van der Waals surface area (Å²) in [5.41, 5.74) is 0. The molecule has 2 saturated carbocycles. The predicted octanol–water partition coefficient (Wildman–Crippen LogP) is 7.54. The van der Waals surface area contributed by atoms with Crippen molar-refractivity contribution in [2.24, 2.45) is 23.7 Å². The molecule has 1 aromatic rings. The van der Waals surface area contributed by atoms with Gasteiger partial charge in [0, 0.05) is 18.2 Å². The fraction of sp³-hybridized carbons (Fsp3) is 0.750. The van der Waals surface area contributed by atoms with Gasteiger partial charge in [0.25, 0.3) is 0 Å². The summed E-state index contributed by atoms with van der Waals surface area (Å²) in [7, 11) is 0. The van der Waals surface area contributed by atoms with Crippen molar-refractivity contribution in [1.82, 2.24) is 0 Å². The lowest BCUT2D eigenvalue weighted by Crippen LogP contribution is -2.26. The molecule has 0 aromatic heterocycles. The molecule has 1 nitrogen and oxygen atoms in total. The molecule has 3 rings (SSSR count). The summed E-state index contributed by atoms with van der Waals surface area (Å²) in [4.78, 5) is 0. The second-order valence-electron chi connectivity index (χ2n) is 8.95. The highest BCUT2D eigenvalue weighted by molar-refractivity contribution is 5.23. The summed E-state index contributed by atoms with van der Waals surface area (Å²) in [6.07, 6.45) is 16.3. The summed E-state index contributed by atoms with van der Waals surface area (Å²) in [5.74, 6) is 2.93. The Bertz CT molecular complexity index is 537. The summed E-state index contributed by atoms with van der Waals surface area (Å²) in [5, 5.41) is 0. The lowest BCUT2D eigenvalue weighted by molar-refractivity contribution is 0.138. The normalized spacial score (nSPS) is 28.9. The molecule has 0 radical (unpaired) electrons. The molecule has 27 heavy (non-hydrogen) atoms. The van der Waals surface area contributed by atoms with Crippen molar-refractivity contribution in [2.45, 2.75) is 84.0 Å². The summed E-state index contributed by atoms with van der Waals surface area (Å²) in [6.45, 7) is 2.86. The zero-order chi connectivity index (χ0) is 19.1. The molecule has 2 aliphatic carbocycles. The molecule has 0 N–H and O–H groups in total. The maximum absolute atomic E-state index is 13.2. The van der Waals surface area contributed by atoms with Crippen LogP contribution in [0.2, 0.25) is 0 Å². The zero-order valence-electron chi connectivity index (χ0n) is 16.9. The maximum Gasteiger partial charge on any atom is 0.129 e. The molecule has 0 heterocycles. The van der Waals surface area contributed by atoms with Crippen LogP contribution < -0.4 is 4.74 Å². The van der Waals surface area contributed by atoms with E-state index in [1.807, 2.05) is 0 Å². The van der Waals surface area contributed by atoms with Crippen molar-refractivity contribution < 1.29 is 13.5 Å². The Morgan fingerprint density at radius 1 is 0.778 bits per heavy atom. The minimum Gasteiger partial charge on any atom is -0.493 e. The van der Waals surface area contributed by atoms with Gasteiger partial charge in [0.05, 0.1) is 6.61 Å². The number of hydrogen-bond acceptors (Lipinski definition) is 1. The molecule has 0 atom stereocenters. The molecule has 0 spiro atoms. The number of benzene rings is 1. The smallest absolute Gasteiger partial charge is 0.129 e. The van der Waals surface area contributed by atoms with E-state index in [0.717, 1.165) is 36.2 Å². The Hall–Kier alpha value is -1.12. The lowest BCUT2D eigenvalue weighted by atomic mass is 9.68. The Morgan fingerprint density at radius 3 is 1.81 bits per heavy atom. The molecule has 2 aliphatic rings. The van der Waals surface area contributed by atoms with Crippen LogP contribution in [0.25, 0.3) is 0 Å². The SMILES string of the molecule is CCCC1CCC(C2CCC(CCCOc3cc(F)cc(F)c3)CC2)CC1. The number of hydrogen-bond donors (Lipinski definition) is 0. The monoisotopic (exact) mass is 378 g/mol. The predicted molar refractivity (Wildman–Crippen MR) is 107 cm³/mol. The van der Waals surface area contributed by atoms with Gasteiger partial charge in [0.2, 0.25) is 0 Å². The van der Waals surface area contributed by atoms with Gasteiger partial charge < -0.3 is 4.74 Å². The molecule has 1 aromatic carbocycles. The van der Waals surface area contributed by atoms with Crippen LogP contribution in [0.3, 0.4) is 0 Å². The van der Waals surface area contributed by atoms with Gasteiger partial charge in [-0.3, -0.25) is 0 Å². The van der Waals surface area contributed by atoms with Gasteiger partial charge in [-0.05, 0) is 62.2 Å². The Morgan fingerprint density at radius 2 is 1.30 bits per heavy atom. The number of halogens is 2. The lowest BCUT2D eigenvalue weighted by Gasteiger charge is -2.38.